The molecule has 1 N–H and O–H groups in total. The molecule has 0 unspecified atom stereocenters. The molecule has 16 heteroatoms. The van der Waals surface area contributed by atoms with Crippen molar-refractivity contribution in [3.05, 3.63) is 92.5 Å². The Hall–Kier alpha value is -4.70. The van der Waals surface area contributed by atoms with Crippen LogP contribution in [0.5, 0.6) is 23.0 Å². The summed E-state index contributed by atoms with van der Waals surface area (Å²) in [7, 11) is 6.02. The van der Waals surface area contributed by atoms with E-state index >= 15 is 0 Å². The molecular weight excluding hydrogens is 830 g/mol. The van der Waals surface area contributed by atoms with E-state index in [4.69, 9.17) is 14.2 Å². The Balaban J connectivity index is 1.37. The lowest BCUT2D eigenvalue weighted by atomic mass is 9.43. The summed E-state index contributed by atoms with van der Waals surface area (Å²) < 4.78 is 22.3. The zero-order chi connectivity index (χ0) is 39.3. The number of aromatic hydroxyl groups is 1. The molecule has 0 bridgehead atoms. The molecule has 7 rings (SSSR count). The molecular formula is C38H39Br2N5O9. The number of phenols is 1. The van der Waals surface area contributed by atoms with Crippen molar-refractivity contribution in [1.82, 2.24) is 23.5 Å². The first-order valence-corrected chi connectivity index (χ1v) is 18.8. The molecule has 4 atom stereocenters. The molecule has 2 aromatic heterocycles. The highest BCUT2D eigenvalue weighted by Crippen LogP contribution is 2.67. The van der Waals surface area contributed by atoms with E-state index in [0.717, 1.165) is 4.57 Å². The number of carbonyl (C=O) groups excluding carboxylic acids is 2. The lowest BCUT2D eigenvalue weighted by molar-refractivity contribution is -0.151. The van der Waals surface area contributed by atoms with Crippen molar-refractivity contribution in [3.8, 4) is 23.0 Å². The second-order valence-corrected chi connectivity index (χ2v) is 16.0. The number of phenolic OH excluding ortho intramolecular Hbond substituents is 1. The maximum absolute atomic E-state index is 14.6. The Morgan fingerprint density at radius 3 is 2.17 bits per heavy atom. The third-order valence-electron chi connectivity index (χ3n) is 12.1. The van der Waals surface area contributed by atoms with Crippen LogP contribution in [-0.2, 0) is 36.1 Å². The highest BCUT2D eigenvalue weighted by molar-refractivity contribution is 9.13. The summed E-state index contributed by atoms with van der Waals surface area (Å²) in [6.07, 6.45) is 1.89. The first-order valence-electron chi connectivity index (χ1n) is 17.2. The summed E-state index contributed by atoms with van der Waals surface area (Å²) in [4.78, 5) is 75.6. The Bertz CT molecular complexity index is 2600. The number of ketones is 2. The van der Waals surface area contributed by atoms with Gasteiger partial charge in [0.25, 0.3) is 5.56 Å². The fraction of sp³-hybridized carbons (Fsp3) is 0.421. The summed E-state index contributed by atoms with van der Waals surface area (Å²) in [5.41, 5.74) is -1.14. The number of fused-ring (bicyclic) bond motifs is 5. The fourth-order valence-corrected chi connectivity index (χ4v) is 9.80. The highest BCUT2D eigenvalue weighted by Gasteiger charge is 2.67. The lowest BCUT2D eigenvalue weighted by Crippen LogP contribution is -2.61. The van der Waals surface area contributed by atoms with Gasteiger partial charge in [0.05, 0.1) is 54.8 Å². The van der Waals surface area contributed by atoms with Gasteiger partial charge in [0.1, 0.15) is 5.69 Å². The predicted octanol–water partition coefficient (Wildman–Crippen LogP) is 4.73. The zero-order valence-corrected chi connectivity index (χ0v) is 34.2. The average Bonchev–Trinajstić information content (AvgIpc) is 3.41. The summed E-state index contributed by atoms with van der Waals surface area (Å²) in [6, 6.07) is 4.16. The largest absolute Gasteiger partial charge is 0.503 e. The van der Waals surface area contributed by atoms with Gasteiger partial charge in [0.15, 0.2) is 34.6 Å². The van der Waals surface area contributed by atoms with E-state index in [0.29, 0.717) is 53.8 Å². The van der Waals surface area contributed by atoms with Gasteiger partial charge in [-0.3, -0.25) is 14.4 Å². The van der Waals surface area contributed by atoms with Gasteiger partial charge in [0, 0.05) is 48.0 Å². The van der Waals surface area contributed by atoms with Gasteiger partial charge in [-0.05, 0) is 80.5 Å². The van der Waals surface area contributed by atoms with Gasteiger partial charge in [0.2, 0.25) is 0 Å². The van der Waals surface area contributed by atoms with E-state index in [1.54, 1.807) is 52.9 Å². The molecule has 1 fully saturated rings. The molecule has 14 nitrogen and oxygen atoms in total. The molecule has 284 valence electrons. The molecule has 4 aromatic rings. The fourth-order valence-electron chi connectivity index (χ4n) is 8.85. The number of halogens is 2. The summed E-state index contributed by atoms with van der Waals surface area (Å²) in [6.45, 7) is 6.74. The number of hydrogen-bond acceptors (Lipinski definition) is 10. The monoisotopic (exact) mass is 867 g/mol. The normalized spacial score (nSPS) is 23.6. The van der Waals surface area contributed by atoms with Crippen LogP contribution in [0.1, 0.15) is 57.3 Å². The van der Waals surface area contributed by atoms with Crippen molar-refractivity contribution < 1.29 is 28.9 Å². The van der Waals surface area contributed by atoms with Crippen LogP contribution in [0.3, 0.4) is 0 Å². The maximum Gasteiger partial charge on any atom is 0.347 e. The summed E-state index contributed by atoms with van der Waals surface area (Å²) in [5, 5.41) is 10.8. The van der Waals surface area contributed by atoms with E-state index in [9.17, 15) is 29.1 Å². The standard InChI is InChI=1S/C38H39Br2N5O9/c1-17-18(2)33(48)38(4)28(20-13-27(54-8)31(46)30(40)29(20)39)19-9-12-44-35(50)43(36(51)45(44)24(19)16-37(38,3)32(17)47)11-10-21-34(49)42(5)23-15-26(53-7)25(52-6)14-22(23)41-21/h9,13-15,24,28,46H,10-12,16H2,1-8H3/t24-,28-,37+,38-/m1/s1. The molecule has 0 amide bonds. The van der Waals surface area contributed by atoms with E-state index in [2.05, 4.69) is 36.8 Å². The Morgan fingerprint density at radius 2 is 1.52 bits per heavy atom. The molecule has 0 radical (unpaired) electrons. The minimum Gasteiger partial charge on any atom is -0.503 e. The number of aryl methyl sites for hydroxylation is 2. The van der Waals surface area contributed by atoms with Crippen LogP contribution >= 0.6 is 31.9 Å². The molecule has 1 saturated carbocycles. The van der Waals surface area contributed by atoms with Gasteiger partial charge in [-0.25, -0.2) is 28.5 Å². The number of allylic oxidation sites excluding steroid dienone is 4. The molecule has 2 aliphatic carbocycles. The number of rotatable bonds is 7. The van der Waals surface area contributed by atoms with Crippen molar-refractivity contribution in [2.24, 2.45) is 17.9 Å². The van der Waals surface area contributed by atoms with Crippen LogP contribution in [0.2, 0.25) is 0 Å². The number of carbonyl (C=O) groups is 2. The second kappa shape index (κ2) is 13.0. The van der Waals surface area contributed by atoms with Crippen LogP contribution in [0.4, 0.5) is 0 Å². The van der Waals surface area contributed by atoms with E-state index in [-0.39, 0.29) is 54.7 Å². The predicted molar refractivity (Wildman–Crippen MR) is 206 cm³/mol. The van der Waals surface area contributed by atoms with E-state index in [1.807, 2.05) is 6.08 Å². The summed E-state index contributed by atoms with van der Waals surface area (Å²) in [5.74, 6) is -0.346. The Morgan fingerprint density at radius 1 is 0.889 bits per heavy atom. The third-order valence-corrected chi connectivity index (χ3v) is 14.3. The number of nitrogens with zero attached hydrogens (tertiary/aromatic N) is 5. The molecule has 2 aromatic carbocycles. The zero-order valence-electron chi connectivity index (χ0n) is 31.0. The minimum atomic E-state index is -1.33. The second-order valence-electron chi connectivity index (χ2n) is 14.5. The van der Waals surface area contributed by atoms with Gasteiger partial charge < -0.3 is 23.9 Å². The smallest absolute Gasteiger partial charge is 0.347 e. The maximum atomic E-state index is 14.6. The van der Waals surface area contributed by atoms with Crippen LogP contribution in [0.25, 0.3) is 11.0 Å². The van der Waals surface area contributed by atoms with Crippen LogP contribution in [-0.4, -0.2) is 61.5 Å². The lowest BCUT2D eigenvalue weighted by Gasteiger charge is -2.58. The Labute approximate surface area is 325 Å². The van der Waals surface area contributed by atoms with Crippen molar-refractivity contribution in [3.63, 3.8) is 0 Å². The third kappa shape index (κ3) is 4.94. The highest BCUT2D eigenvalue weighted by atomic mass is 79.9. The molecule has 3 heterocycles. The molecule has 1 aliphatic heterocycles. The minimum absolute atomic E-state index is 0.0117. The van der Waals surface area contributed by atoms with Gasteiger partial charge in [-0.1, -0.05) is 19.9 Å². The van der Waals surface area contributed by atoms with Crippen LogP contribution in [0, 0.1) is 10.8 Å². The van der Waals surface area contributed by atoms with E-state index < -0.39 is 39.7 Å². The Kier molecular flexibility index (Phi) is 9.03. The first-order chi connectivity index (χ1) is 25.5. The molecule has 3 aliphatic rings. The number of Topliss-reactive ketones (excluding diaryl/α,β-unsaturated/α-hetero) is 2. The molecule has 0 spiro atoms. The van der Waals surface area contributed by atoms with Crippen molar-refractivity contribution in [1.29, 1.82) is 0 Å². The van der Waals surface area contributed by atoms with Crippen molar-refractivity contribution >= 4 is 54.5 Å². The number of ether oxygens (including phenoxy) is 3. The molecule has 0 saturated heterocycles. The van der Waals surface area contributed by atoms with Crippen molar-refractivity contribution in [2.75, 3.05) is 21.3 Å². The van der Waals surface area contributed by atoms with E-state index in [1.165, 1.54) is 35.3 Å². The quantitative estimate of drug-likeness (QED) is 0.257. The molecule has 54 heavy (non-hydrogen) atoms. The number of aromatic nitrogens is 5. The average molecular weight is 870 g/mol. The summed E-state index contributed by atoms with van der Waals surface area (Å²) >= 11 is 7.10. The number of methoxy groups -OCH3 is 3. The number of hydrogen-bond donors (Lipinski definition) is 1. The van der Waals surface area contributed by atoms with Gasteiger partial charge in [-0.15, -0.1) is 0 Å². The van der Waals surface area contributed by atoms with Crippen LogP contribution < -0.4 is 31.1 Å². The van der Waals surface area contributed by atoms with Crippen molar-refractivity contribution in [2.45, 2.75) is 65.6 Å². The van der Waals surface area contributed by atoms with Gasteiger partial charge in [-0.2, -0.15) is 0 Å². The topological polar surface area (TPSA) is 166 Å². The SMILES string of the molecule is COc1cc2nc(CCn3c(=O)n4n(c3=O)[C@@H]3C[C@@]5(C)C(=O)C(C)=C(C)C(=O)[C@@]5(C)[C@@H](c5cc(OC)c(O)c(Br)c5Br)C3=CC4)c(=O)n(C)c2cc1OC. The first kappa shape index (κ1) is 37.6. The van der Waals surface area contributed by atoms with Gasteiger partial charge >= 0.3 is 11.4 Å². The van der Waals surface area contributed by atoms with Crippen LogP contribution in [0.15, 0.2) is 64.3 Å². The number of benzene rings is 2.